The minimum absolute atomic E-state index is 0.298. The van der Waals surface area contributed by atoms with Crippen LogP contribution in [-0.4, -0.2) is 26.7 Å². The SMILES string of the molecule is CC1(C)CC(NS(=O)(=O)c2cccc(F)c2C#N)CCO1. The molecule has 0 aromatic heterocycles. The quantitative estimate of drug-likeness (QED) is 0.925. The highest BCUT2D eigenvalue weighted by Gasteiger charge is 2.32. The van der Waals surface area contributed by atoms with Gasteiger partial charge in [0, 0.05) is 12.6 Å². The molecule has 114 valence electrons. The van der Waals surface area contributed by atoms with Crippen molar-refractivity contribution in [3.05, 3.63) is 29.6 Å². The zero-order chi connectivity index (χ0) is 15.7. The Balaban J connectivity index is 2.28. The predicted octanol–water partition coefficient (Wildman–Crippen LogP) is 1.93. The number of benzene rings is 1. The monoisotopic (exact) mass is 312 g/mol. The first-order valence-electron chi connectivity index (χ1n) is 6.60. The van der Waals surface area contributed by atoms with E-state index in [1.165, 1.54) is 12.1 Å². The van der Waals surface area contributed by atoms with E-state index in [4.69, 9.17) is 10.00 Å². The van der Waals surface area contributed by atoms with E-state index in [-0.39, 0.29) is 10.9 Å². The fourth-order valence-corrected chi connectivity index (χ4v) is 3.89. The van der Waals surface area contributed by atoms with Crippen LogP contribution in [0.3, 0.4) is 0 Å². The zero-order valence-electron chi connectivity index (χ0n) is 11.9. The Kier molecular flexibility index (Phi) is 4.33. The summed E-state index contributed by atoms with van der Waals surface area (Å²) in [4.78, 5) is -0.325. The van der Waals surface area contributed by atoms with Gasteiger partial charge in [-0.15, -0.1) is 0 Å². The van der Waals surface area contributed by atoms with Crippen LogP contribution in [0, 0.1) is 17.1 Å². The van der Waals surface area contributed by atoms with Crippen molar-refractivity contribution in [2.45, 2.75) is 43.2 Å². The van der Waals surface area contributed by atoms with Gasteiger partial charge in [0.2, 0.25) is 10.0 Å². The van der Waals surface area contributed by atoms with E-state index in [0.29, 0.717) is 19.4 Å². The third-order valence-electron chi connectivity index (χ3n) is 3.40. The maximum atomic E-state index is 13.5. The summed E-state index contributed by atoms with van der Waals surface area (Å²) >= 11 is 0. The Morgan fingerprint density at radius 3 is 2.81 bits per heavy atom. The van der Waals surface area contributed by atoms with Crippen molar-refractivity contribution in [3.63, 3.8) is 0 Å². The van der Waals surface area contributed by atoms with E-state index < -0.39 is 27.0 Å². The molecule has 7 heteroatoms. The van der Waals surface area contributed by atoms with Gasteiger partial charge >= 0.3 is 0 Å². The van der Waals surface area contributed by atoms with Crippen molar-refractivity contribution in [2.24, 2.45) is 0 Å². The average molecular weight is 312 g/mol. The minimum Gasteiger partial charge on any atom is -0.375 e. The lowest BCUT2D eigenvalue weighted by Crippen LogP contribution is -2.45. The summed E-state index contributed by atoms with van der Waals surface area (Å²) in [7, 11) is -3.94. The van der Waals surface area contributed by atoms with Crippen molar-refractivity contribution in [2.75, 3.05) is 6.61 Å². The van der Waals surface area contributed by atoms with Gasteiger partial charge < -0.3 is 4.74 Å². The van der Waals surface area contributed by atoms with Gasteiger partial charge in [0.05, 0.1) is 5.60 Å². The lowest BCUT2D eigenvalue weighted by molar-refractivity contribution is -0.0599. The Labute approximate surface area is 123 Å². The number of nitriles is 1. The molecule has 1 heterocycles. The molecule has 2 rings (SSSR count). The summed E-state index contributed by atoms with van der Waals surface area (Å²) in [6, 6.07) is 4.88. The van der Waals surface area contributed by atoms with Crippen molar-refractivity contribution < 1.29 is 17.5 Å². The number of nitrogens with one attached hydrogen (secondary N) is 1. The number of sulfonamides is 1. The van der Waals surface area contributed by atoms with Gasteiger partial charge in [0.1, 0.15) is 22.3 Å². The zero-order valence-corrected chi connectivity index (χ0v) is 12.7. The number of hydrogen-bond acceptors (Lipinski definition) is 4. The van der Waals surface area contributed by atoms with Gasteiger partial charge in [-0.05, 0) is 38.8 Å². The molecule has 1 fully saturated rings. The maximum absolute atomic E-state index is 13.5. The molecule has 1 unspecified atom stereocenters. The molecule has 0 spiro atoms. The Hall–Kier alpha value is -1.49. The van der Waals surface area contributed by atoms with Gasteiger partial charge in [0.15, 0.2) is 0 Å². The normalized spacial score (nSPS) is 21.7. The number of nitrogens with zero attached hydrogens (tertiary/aromatic N) is 1. The number of ether oxygens (including phenoxy) is 1. The molecule has 0 radical (unpaired) electrons. The van der Waals surface area contributed by atoms with Gasteiger partial charge in [-0.25, -0.2) is 17.5 Å². The second-order valence-electron chi connectivity index (χ2n) is 5.64. The summed E-state index contributed by atoms with van der Waals surface area (Å²) in [5.74, 6) is -0.840. The molecule has 1 aliphatic heterocycles. The summed E-state index contributed by atoms with van der Waals surface area (Å²) in [6.07, 6.45) is 1.06. The molecule has 1 aromatic rings. The number of hydrogen-bond donors (Lipinski definition) is 1. The first-order chi connectivity index (χ1) is 9.75. The van der Waals surface area contributed by atoms with E-state index in [1.807, 2.05) is 13.8 Å². The molecule has 0 aliphatic carbocycles. The van der Waals surface area contributed by atoms with E-state index in [2.05, 4.69) is 4.72 Å². The lowest BCUT2D eigenvalue weighted by atomic mass is 9.95. The molecule has 0 amide bonds. The van der Waals surface area contributed by atoms with Gasteiger partial charge in [-0.3, -0.25) is 0 Å². The Morgan fingerprint density at radius 2 is 2.19 bits per heavy atom. The minimum atomic E-state index is -3.94. The van der Waals surface area contributed by atoms with Crippen LogP contribution in [0.5, 0.6) is 0 Å². The molecule has 1 atom stereocenters. The van der Waals surface area contributed by atoms with Crippen molar-refractivity contribution >= 4 is 10.0 Å². The third-order valence-corrected chi connectivity index (χ3v) is 4.96. The number of rotatable bonds is 3. The van der Waals surface area contributed by atoms with Gasteiger partial charge in [-0.2, -0.15) is 5.26 Å². The number of halogens is 1. The van der Waals surface area contributed by atoms with E-state index in [1.54, 1.807) is 6.07 Å². The second-order valence-corrected chi connectivity index (χ2v) is 7.33. The van der Waals surface area contributed by atoms with Crippen molar-refractivity contribution in [1.29, 1.82) is 5.26 Å². The van der Waals surface area contributed by atoms with Gasteiger partial charge in [0.25, 0.3) is 0 Å². The second kappa shape index (κ2) is 5.72. The van der Waals surface area contributed by atoms with Crippen LogP contribution in [0.2, 0.25) is 0 Å². The van der Waals surface area contributed by atoms with Crippen LogP contribution in [0.15, 0.2) is 23.1 Å². The van der Waals surface area contributed by atoms with Crippen LogP contribution in [0.4, 0.5) is 4.39 Å². The van der Waals surface area contributed by atoms with Crippen LogP contribution in [0.25, 0.3) is 0 Å². The summed E-state index contributed by atoms with van der Waals surface area (Å²) in [5.41, 5.74) is -0.873. The van der Waals surface area contributed by atoms with E-state index in [9.17, 15) is 12.8 Å². The maximum Gasteiger partial charge on any atom is 0.242 e. The lowest BCUT2D eigenvalue weighted by Gasteiger charge is -2.35. The molecule has 21 heavy (non-hydrogen) atoms. The first kappa shape index (κ1) is 15.9. The molecular formula is C14H17FN2O3S. The predicted molar refractivity (Wildman–Crippen MR) is 74.5 cm³/mol. The molecule has 0 saturated carbocycles. The standard InChI is InChI=1S/C14H17FN2O3S/c1-14(2)8-10(6-7-20-14)17-21(18,19)13-5-3-4-12(15)11(13)9-16/h3-5,10,17H,6-8H2,1-2H3. The van der Waals surface area contributed by atoms with E-state index in [0.717, 1.165) is 6.07 Å². The Bertz CT molecular complexity index is 680. The van der Waals surface area contributed by atoms with Crippen LogP contribution in [-0.2, 0) is 14.8 Å². The molecule has 0 bridgehead atoms. The fraction of sp³-hybridized carbons (Fsp3) is 0.500. The van der Waals surface area contributed by atoms with E-state index >= 15 is 0 Å². The molecule has 5 nitrogen and oxygen atoms in total. The topological polar surface area (TPSA) is 79.2 Å². The first-order valence-corrected chi connectivity index (χ1v) is 8.08. The average Bonchev–Trinajstić information content (AvgIpc) is 2.36. The molecular weight excluding hydrogens is 295 g/mol. The molecule has 1 aliphatic rings. The summed E-state index contributed by atoms with van der Waals surface area (Å²) in [5, 5.41) is 8.95. The Morgan fingerprint density at radius 1 is 1.48 bits per heavy atom. The molecule has 1 N–H and O–H groups in total. The van der Waals surface area contributed by atoms with Gasteiger partial charge in [-0.1, -0.05) is 6.07 Å². The highest BCUT2D eigenvalue weighted by Crippen LogP contribution is 2.26. The van der Waals surface area contributed by atoms with Crippen LogP contribution < -0.4 is 4.72 Å². The van der Waals surface area contributed by atoms with Crippen LogP contribution >= 0.6 is 0 Å². The summed E-state index contributed by atoms with van der Waals surface area (Å²) < 4.78 is 46.4. The highest BCUT2D eigenvalue weighted by molar-refractivity contribution is 7.89. The molecule has 1 saturated heterocycles. The highest BCUT2D eigenvalue weighted by atomic mass is 32.2. The smallest absolute Gasteiger partial charge is 0.242 e. The fourth-order valence-electron chi connectivity index (χ4n) is 2.45. The van der Waals surface area contributed by atoms with Crippen molar-refractivity contribution in [3.8, 4) is 6.07 Å². The van der Waals surface area contributed by atoms with Crippen LogP contribution in [0.1, 0.15) is 32.3 Å². The summed E-state index contributed by atoms with van der Waals surface area (Å²) in [6.45, 7) is 4.22. The largest absolute Gasteiger partial charge is 0.375 e. The molecule has 1 aromatic carbocycles. The third kappa shape index (κ3) is 3.59. The van der Waals surface area contributed by atoms with Crippen molar-refractivity contribution in [1.82, 2.24) is 4.72 Å².